The van der Waals surface area contributed by atoms with Crippen molar-refractivity contribution in [1.82, 2.24) is 0 Å². The normalized spacial score (nSPS) is 10.6. The number of non-ortho nitro benzene ring substituents is 1. The van der Waals surface area contributed by atoms with Crippen LogP contribution in [-0.2, 0) is 15.9 Å². The van der Waals surface area contributed by atoms with E-state index in [0.29, 0.717) is 16.0 Å². The first-order valence-corrected chi connectivity index (χ1v) is 11.5. The molecule has 3 rings (SSSR count). The molecule has 0 atom stereocenters. The molecule has 0 unspecified atom stereocenters. The first kappa shape index (κ1) is 25.8. The lowest BCUT2D eigenvalue weighted by Crippen LogP contribution is -2.17. The van der Waals surface area contributed by atoms with Crippen LogP contribution < -0.4 is 5.32 Å². The van der Waals surface area contributed by atoms with Crippen LogP contribution in [-0.4, -0.2) is 30.2 Å². The number of nitro groups is 1. The predicted molar refractivity (Wildman–Crippen MR) is 127 cm³/mol. The lowest BCUT2D eigenvalue weighted by molar-refractivity contribution is -0.384. The highest BCUT2D eigenvalue weighted by Gasteiger charge is 2.25. The molecule has 0 aliphatic carbocycles. The van der Waals surface area contributed by atoms with Crippen LogP contribution in [0.2, 0.25) is 0 Å². The number of benzene rings is 2. The van der Waals surface area contributed by atoms with Gasteiger partial charge in [-0.2, -0.15) is 0 Å². The van der Waals surface area contributed by atoms with Gasteiger partial charge in [-0.25, -0.2) is 18.4 Å². The molecule has 0 fully saturated rings. The van der Waals surface area contributed by atoms with E-state index < -0.39 is 28.6 Å². The maximum Gasteiger partial charge on any atom is 0.412 e. The van der Waals surface area contributed by atoms with Crippen LogP contribution in [0.1, 0.15) is 34.8 Å². The van der Waals surface area contributed by atoms with E-state index in [0.717, 1.165) is 23.5 Å². The molecule has 3 aromatic rings. The molecule has 1 aromatic heterocycles. The first-order chi connectivity index (χ1) is 16.7. The number of thiophene rings is 1. The topological polar surface area (TPSA) is 108 Å². The average molecular weight is 505 g/mol. The van der Waals surface area contributed by atoms with Crippen molar-refractivity contribution in [3.05, 3.63) is 80.9 Å². The molecule has 35 heavy (non-hydrogen) atoms. The Morgan fingerprint density at radius 1 is 1.09 bits per heavy atom. The molecule has 1 heterocycles. The second-order valence-electron chi connectivity index (χ2n) is 7.35. The quantitative estimate of drug-likeness (QED) is 0.159. The van der Waals surface area contributed by atoms with Crippen LogP contribution in [0.3, 0.4) is 0 Å². The molecule has 0 bridgehead atoms. The molecule has 0 aliphatic rings. The Balaban J connectivity index is 1.73. The van der Waals surface area contributed by atoms with Crippen LogP contribution >= 0.6 is 11.3 Å². The number of ether oxygens (including phenoxy) is 2. The third-order valence-corrected chi connectivity index (χ3v) is 6.30. The van der Waals surface area contributed by atoms with E-state index in [1.165, 1.54) is 18.2 Å². The Kier molecular flexibility index (Phi) is 8.48. The van der Waals surface area contributed by atoms with Crippen molar-refractivity contribution in [2.45, 2.75) is 26.7 Å². The van der Waals surface area contributed by atoms with E-state index in [9.17, 15) is 28.5 Å². The number of hydrogen-bond acceptors (Lipinski definition) is 7. The molecule has 8 nitrogen and oxygen atoms in total. The summed E-state index contributed by atoms with van der Waals surface area (Å²) in [5, 5.41) is 13.7. The van der Waals surface area contributed by atoms with E-state index in [1.54, 1.807) is 26.0 Å². The summed E-state index contributed by atoms with van der Waals surface area (Å²) in [4.78, 5) is 36.0. The van der Waals surface area contributed by atoms with Crippen LogP contribution in [0.25, 0.3) is 10.4 Å². The Morgan fingerprint density at radius 2 is 1.74 bits per heavy atom. The number of rotatable bonds is 9. The zero-order valence-electron chi connectivity index (χ0n) is 18.9. The molecular formula is C24H22F2N2O6S. The van der Waals surface area contributed by atoms with Gasteiger partial charge in [-0.3, -0.25) is 15.4 Å². The number of amides is 1. The van der Waals surface area contributed by atoms with E-state index in [1.807, 2.05) is 0 Å². The summed E-state index contributed by atoms with van der Waals surface area (Å²) < 4.78 is 37.7. The van der Waals surface area contributed by atoms with Gasteiger partial charge in [0.15, 0.2) is 0 Å². The van der Waals surface area contributed by atoms with Crippen molar-refractivity contribution < 1.29 is 32.8 Å². The Morgan fingerprint density at radius 3 is 2.34 bits per heavy atom. The number of nitrogens with zero attached hydrogens (tertiary/aromatic N) is 1. The summed E-state index contributed by atoms with van der Waals surface area (Å²) in [5.74, 6) is -1.97. The SMILES string of the molecule is CCOC(=O)c1c(NC(=O)OCCCc2c(F)cccc2F)sc(-c2ccc([N+](=O)[O-])cc2)c1C. The maximum atomic E-state index is 13.7. The summed E-state index contributed by atoms with van der Waals surface area (Å²) >= 11 is 1.09. The molecule has 0 aliphatic heterocycles. The van der Waals surface area contributed by atoms with Crippen molar-refractivity contribution in [2.75, 3.05) is 18.5 Å². The number of anilines is 1. The van der Waals surface area contributed by atoms with Gasteiger partial charge in [-0.05, 0) is 62.1 Å². The fourth-order valence-corrected chi connectivity index (χ4v) is 4.56. The maximum absolute atomic E-state index is 13.7. The third-order valence-electron chi connectivity index (χ3n) is 5.05. The fourth-order valence-electron chi connectivity index (χ4n) is 3.37. The molecule has 0 spiro atoms. The lowest BCUT2D eigenvalue weighted by Gasteiger charge is -2.09. The summed E-state index contributed by atoms with van der Waals surface area (Å²) in [5.41, 5.74) is 1.15. The number of hydrogen-bond donors (Lipinski definition) is 1. The molecule has 0 saturated carbocycles. The van der Waals surface area contributed by atoms with Gasteiger partial charge < -0.3 is 9.47 Å². The zero-order chi connectivity index (χ0) is 25.5. The number of halogens is 2. The fraction of sp³-hybridized carbons (Fsp3) is 0.250. The minimum atomic E-state index is -0.846. The number of carbonyl (C=O) groups is 2. The smallest absolute Gasteiger partial charge is 0.412 e. The van der Waals surface area contributed by atoms with Gasteiger partial charge in [-0.15, -0.1) is 11.3 Å². The van der Waals surface area contributed by atoms with Crippen molar-refractivity contribution in [3.63, 3.8) is 0 Å². The minimum Gasteiger partial charge on any atom is -0.462 e. The Bertz CT molecular complexity index is 1220. The predicted octanol–water partition coefficient (Wildman–Crippen LogP) is 6.27. The standard InChI is InChI=1S/C24H22F2N2O6S/c1-3-33-23(29)20-14(2)21(15-9-11-16(12-10-15)28(31)32)35-22(20)27-24(30)34-13-5-6-17-18(25)7-4-8-19(17)26/h4,7-12H,3,5-6,13H2,1-2H3,(H,27,30). The second-order valence-corrected chi connectivity index (χ2v) is 8.37. The summed E-state index contributed by atoms with van der Waals surface area (Å²) in [6.45, 7) is 3.35. The third kappa shape index (κ3) is 6.18. The van der Waals surface area contributed by atoms with Crippen LogP contribution in [0.5, 0.6) is 0 Å². The second kappa shape index (κ2) is 11.5. The van der Waals surface area contributed by atoms with Gasteiger partial charge in [0.2, 0.25) is 0 Å². The van der Waals surface area contributed by atoms with Gasteiger partial charge in [0.25, 0.3) is 5.69 Å². The molecule has 0 saturated heterocycles. The highest BCUT2D eigenvalue weighted by Crippen LogP contribution is 2.40. The molecular weight excluding hydrogens is 482 g/mol. The summed E-state index contributed by atoms with van der Waals surface area (Å²) in [7, 11) is 0. The Hall–Kier alpha value is -3.86. The Labute approximate surface area is 203 Å². The first-order valence-electron chi connectivity index (χ1n) is 10.6. The van der Waals surface area contributed by atoms with Crippen LogP contribution in [0, 0.1) is 28.7 Å². The number of nitrogens with one attached hydrogen (secondary N) is 1. The van der Waals surface area contributed by atoms with Crippen molar-refractivity contribution in [2.24, 2.45) is 0 Å². The van der Waals surface area contributed by atoms with Crippen LogP contribution in [0.15, 0.2) is 42.5 Å². The van der Waals surface area contributed by atoms with E-state index in [4.69, 9.17) is 9.47 Å². The highest BCUT2D eigenvalue weighted by atomic mass is 32.1. The number of nitro benzene ring substituents is 1. The van der Waals surface area contributed by atoms with Gasteiger partial charge in [0.1, 0.15) is 16.6 Å². The lowest BCUT2D eigenvalue weighted by atomic mass is 10.1. The number of carbonyl (C=O) groups excluding carboxylic acids is 2. The van der Waals surface area contributed by atoms with Gasteiger partial charge >= 0.3 is 12.1 Å². The zero-order valence-corrected chi connectivity index (χ0v) is 19.7. The minimum absolute atomic E-state index is 0.0439. The van der Waals surface area contributed by atoms with Crippen molar-refractivity contribution in [3.8, 4) is 10.4 Å². The van der Waals surface area contributed by atoms with E-state index in [-0.39, 0.29) is 47.9 Å². The monoisotopic (exact) mass is 504 g/mol. The van der Waals surface area contributed by atoms with Gasteiger partial charge in [-0.1, -0.05) is 6.07 Å². The molecule has 11 heteroatoms. The van der Waals surface area contributed by atoms with Gasteiger partial charge in [0.05, 0.1) is 23.7 Å². The van der Waals surface area contributed by atoms with Crippen molar-refractivity contribution in [1.29, 1.82) is 0 Å². The van der Waals surface area contributed by atoms with Crippen molar-refractivity contribution >= 4 is 34.1 Å². The summed E-state index contributed by atoms with van der Waals surface area (Å²) in [6, 6.07) is 9.38. The van der Waals surface area contributed by atoms with Crippen LogP contribution in [0.4, 0.5) is 24.3 Å². The van der Waals surface area contributed by atoms with E-state index in [2.05, 4.69) is 5.32 Å². The molecule has 0 radical (unpaired) electrons. The molecule has 2 aromatic carbocycles. The molecule has 184 valence electrons. The average Bonchev–Trinajstić information content (AvgIpc) is 3.14. The summed E-state index contributed by atoms with van der Waals surface area (Å²) in [6.07, 6.45) is -0.614. The van der Waals surface area contributed by atoms with Gasteiger partial charge in [0, 0.05) is 22.6 Å². The number of esters is 1. The molecule has 1 amide bonds. The largest absolute Gasteiger partial charge is 0.462 e. The van der Waals surface area contributed by atoms with E-state index >= 15 is 0 Å². The molecule has 1 N–H and O–H groups in total. The highest BCUT2D eigenvalue weighted by molar-refractivity contribution is 7.20.